The van der Waals surface area contributed by atoms with Gasteiger partial charge >= 0.3 is 0 Å². The van der Waals surface area contributed by atoms with Gasteiger partial charge in [-0.3, -0.25) is 4.79 Å². The van der Waals surface area contributed by atoms with Gasteiger partial charge in [0.2, 0.25) is 0 Å². The topological polar surface area (TPSA) is 55.1 Å². The molecule has 3 nitrogen and oxygen atoms in total. The molecule has 0 fully saturated rings. The van der Waals surface area contributed by atoms with E-state index in [1.807, 2.05) is 30.3 Å². The summed E-state index contributed by atoms with van der Waals surface area (Å²) in [6.07, 6.45) is 0. The molecule has 0 aromatic heterocycles. The van der Waals surface area contributed by atoms with Crippen LogP contribution in [0, 0.1) is 0 Å². The second kappa shape index (κ2) is 5.29. The van der Waals surface area contributed by atoms with Gasteiger partial charge in [0.05, 0.1) is 0 Å². The van der Waals surface area contributed by atoms with Crippen molar-refractivity contribution in [3.05, 3.63) is 66.2 Å². The average molecular weight is 276 g/mol. The van der Waals surface area contributed by atoms with Gasteiger partial charge in [0.1, 0.15) is 0 Å². The van der Waals surface area contributed by atoms with Crippen LogP contribution in [0.5, 0.6) is 0 Å². The minimum Gasteiger partial charge on any atom is -0.398 e. The van der Waals surface area contributed by atoms with E-state index in [1.54, 1.807) is 12.1 Å². The standard InChI is InChI=1S/C18H16N2O/c1-12(21)16-11-14(9-10-17(16)19)20-18-8-4-6-13-5-2-3-7-15(13)18/h2-11,20H,19H2,1H3. The van der Waals surface area contributed by atoms with Crippen LogP contribution in [0.2, 0.25) is 0 Å². The Morgan fingerprint density at radius 1 is 1.00 bits per heavy atom. The molecule has 3 heteroatoms. The highest BCUT2D eigenvalue weighted by Gasteiger charge is 2.07. The van der Waals surface area contributed by atoms with Crippen LogP contribution >= 0.6 is 0 Å². The summed E-state index contributed by atoms with van der Waals surface area (Å²) < 4.78 is 0. The number of hydrogen-bond donors (Lipinski definition) is 2. The maximum atomic E-state index is 11.6. The minimum atomic E-state index is -0.0333. The van der Waals surface area contributed by atoms with E-state index in [-0.39, 0.29) is 5.78 Å². The molecule has 0 heterocycles. The fourth-order valence-electron chi connectivity index (χ4n) is 2.43. The molecular weight excluding hydrogens is 260 g/mol. The molecule has 0 saturated carbocycles. The number of Topliss-reactive ketones (excluding diaryl/α,β-unsaturated/α-hetero) is 1. The lowest BCUT2D eigenvalue weighted by atomic mass is 10.1. The highest BCUT2D eigenvalue weighted by Crippen LogP contribution is 2.27. The van der Waals surface area contributed by atoms with Crippen molar-refractivity contribution in [2.24, 2.45) is 0 Å². The summed E-state index contributed by atoms with van der Waals surface area (Å²) in [7, 11) is 0. The van der Waals surface area contributed by atoms with E-state index in [0.29, 0.717) is 11.3 Å². The van der Waals surface area contributed by atoms with Crippen molar-refractivity contribution in [2.75, 3.05) is 11.1 Å². The summed E-state index contributed by atoms with van der Waals surface area (Å²) in [5.41, 5.74) is 8.73. The summed E-state index contributed by atoms with van der Waals surface area (Å²) in [6, 6.07) is 19.7. The van der Waals surface area contributed by atoms with Gasteiger partial charge in [-0.25, -0.2) is 0 Å². The number of carbonyl (C=O) groups excluding carboxylic acids is 1. The van der Waals surface area contributed by atoms with Crippen LogP contribution in [0.25, 0.3) is 10.8 Å². The molecule has 0 bridgehead atoms. The molecular formula is C18H16N2O. The molecule has 0 aliphatic carbocycles. The predicted octanol–water partition coefficient (Wildman–Crippen LogP) is 4.37. The number of hydrogen-bond acceptors (Lipinski definition) is 3. The van der Waals surface area contributed by atoms with E-state index >= 15 is 0 Å². The lowest BCUT2D eigenvalue weighted by molar-refractivity contribution is 0.101. The first kappa shape index (κ1) is 13.2. The zero-order chi connectivity index (χ0) is 14.8. The Hall–Kier alpha value is -2.81. The molecule has 0 saturated heterocycles. The largest absolute Gasteiger partial charge is 0.398 e. The van der Waals surface area contributed by atoms with E-state index in [9.17, 15) is 4.79 Å². The van der Waals surface area contributed by atoms with Crippen molar-refractivity contribution in [3.8, 4) is 0 Å². The molecule has 0 spiro atoms. The number of nitrogen functional groups attached to an aromatic ring is 1. The third-order valence-electron chi connectivity index (χ3n) is 3.50. The third-order valence-corrected chi connectivity index (χ3v) is 3.50. The number of benzene rings is 3. The van der Waals surface area contributed by atoms with Crippen LogP contribution < -0.4 is 11.1 Å². The third kappa shape index (κ3) is 2.58. The fraction of sp³-hybridized carbons (Fsp3) is 0.0556. The second-order valence-electron chi connectivity index (χ2n) is 5.01. The zero-order valence-corrected chi connectivity index (χ0v) is 11.8. The molecule has 0 radical (unpaired) electrons. The number of nitrogens with one attached hydrogen (secondary N) is 1. The molecule has 0 aliphatic rings. The number of anilines is 3. The Morgan fingerprint density at radius 2 is 1.76 bits per heavy atom. The Balaban J connectivity index is 2.03. The number of ketones is 1. The van der Waals surface area contributed by atoms with Crippen molar-refractivity contribution in [3.63, 3.8) is 0 Å². The summed E-state index contributed by atoms with van der Waals surface area (Å²) in [5, 5.41) is 5.67. The van der Waals surface area contributed by atoms with Crippen LogP contribution in [0.3, 0.4) is 0 Å². The summed E-state index contributed by atoms with van der Waals surface area (Å²) in [4.78, 5) is 11.6. The summed E-state index contributed by atoms with van der Waals surface area (Å²) >= 11 is 0. The molecule has 3 rings (SSSR count). The average Bonchev–Trinajstić information content (AvgIpc) is 2.49. The molecule has 3 N–H and O–H groups in total. The molecule has 0 unspecified atom stereocenters. The predicted molar refractivity (Wildman–Crippen MR) is 88.1 cm³/mol. The van der Waals surface area contributed by atoms with Gasteiger partial charge in [0.15, 0.2) is 5.78 Å². The summed E-state index contributed by atoms with van der Waals surface area (Å²) in [6.45, 7) is 1.52. The van der Waals surface area contributed by atoms with Crippen molar-refractivity contribution in [2.45, 2.75) is 6.92 Å². The van der Waals surface area contributed by atoms with E-state index in [1.165, 1.54) is 12.3 Å². The molecule has 0 aliphatic heterocycles. The smallest absolute Gasteiger partial charge is 0.161 e. The lowest BCUT2D eigenvalue weighted by Crippen LogP contribution is -2.01. The van der Waals surface area contributed by atoms with Gasteiger partial charge < -0.3 is 11.1 Å². The summed E-state index contributed by atoms with van der Waals surface area (Å²) in [5.74, 6) is -0.0333. The van der Waals surface area contributed by atoms with Crippen LogP contribution in [0.4, 0.5) is 17.1 Å². The van der Waals surface area contributed by atoms with Crippen molar-refractivity contribution in [1.29, 1.82) is 0 Å². The van der Waals surface area contributed by atoms with Crippen molar-refractivity contribution >= 4 is 33.6 Å². The first-order chi connectivity index (χ1) is 10.1. The van der Waals surface area contributed by atoms with E-state index in [4.69, 9.17) is 5.73 Å². The highest BCUT2D eigenvalue weighted by atomic mass is 16.1. The van der Waals surface area contributed by atoms with Crippen LogP contribution in [0.15, 0.2) is 60.7 Å². The van der Waals surface area contributed by atoms with E-state index in [0.717, 1.165) is 16.8 Å². The second-order valence-corrected chi connectivity index (χ2v) is 5.01. The number of rotatable bonds is 3. The molecule has 0 amide bonds. The highest BCUT2D eigenvalue weighted by molar-refractivity contribution is 6.01. The monoisotopic (exact) mass is 276 g/mol. The fourth-order valence-corrected chi connectivity index (χ4v) is 2.43. The van der Waals surface area contributed by atoms with Gasteiger partial charge in [-0.2, -0.15) is 0 Å². The van der Waals surface area contributed by atoms with Crippen LogP contribution in [-0.2, 0) is 0 Å². The molecule has 3 aromatic carbocycles. The normalized spacial score (nSPS) is 10.5. The van der Waals surface area contributed by atoms with E-state index in [2.05, 4.69) is 23.5 Å². The Morgan fingerprint density at radius 3 is 2.57 bits per heavy atom. The molecule has 21 heavy (non-hydrogen) atoms. The molecule has 104 valence electrons. The maximum absolute atomic E-state index is 11.6. The van der Waals surface area contributed by atoms with Gasteiger partial charge in [-0.15, -0.1) is 0 Å². The Kier molecular flexibility index (Phi) is 3.32. The van der Waals surface area contributed by atoms with Crippen LogP contribution in [-0.4, -0.2) is 5.78 Å². The van der Waals surface area contributed by atoms with Gasteiger partial charge in [0, 0.05) is 28.0 Å². The first-order valence-corrected chi connectivity index (χ1v) is 6.80. The van der Waals surface area contributed by atoms with Crippen molar-refractivity contribution in [1.82, 2.24) is 0 Å². The number of nitrogens with two attached hydrogens (primary N) is 1. The number of fused-ring (bicyclic) bond motifs is 1. The maximum Gasteiger partial charge on any atom is 0.161 e. The molecule has 0 atom stereocenters. The van der Waals surface area contributed by atoms with Gasteiger partial charge in [0.25, 0.3) is 0 Å². The van der Waals surface area contributed by atoms with Crippen molar-refractivity contribution < 1.29 is 4.79 Å². The van der Waals surface area contributed by atoms with Crippen LogP contribution in [0.1, 0.15) is 17.3 Å². The Labute approximate surface area is 123 Å². The Bertz CT molecular complexity index is 819. The lowest BCUT2D eigenvalue weighted by Gasteiger charge is -2.11. The molecule has 3 aromatic rings. The number of carbonyl (C=O) groups is 1. The minimum absolute atomic E-state index is 0.0333. The van der Waals surface area contributed by atoms with E-state index < -0.39 is 0 Å². The first-order valence-electron chi connectivity index (χ1n) is 6.80. The van der Waals surface area contributed by atoms with Gasteiger partial charge in [-0.1, -0.05) is 36.4 Å². The quantitative estimate of drug-likeness (QED) is 0.551. The zero-order valence-electron chi connectivity index (χ0n) is 11.8. The SMILES string of the molecule is CC(=O)c1cc(Nc2cccc3ccccc23)ccc1N. The van der Waals surface area contributed by atoms with Gasteiger partial charge in [-0.05, 0) is 36.6 Å².